The molecule has 0 nitrogen and oxygen atoms in total. The van der Waals surface area contributed by atoms with Crippen molar-refractivity contribution in [3.8, 4) is 0 Å². The Labute approximate surface area is 122 Å². The van der Waals surface area contributed by atoms with Crippen molar-refractivity contribution in [1.82, 2.24) is 0 Å². The van der Waals surface area contributed by atoms with Gasteiger partial charge in [-0.25, -0.2) is 24.5 Å². The van der Waals surface area contributed by atoms with E-state index in [0.717, 1.165) is 39.2 Å². The van der Waals surface area contributed by atoms with E-state index < -0.39 is 0 Å². The van der Waals surface area contributed by atoms with Gasteiger partial charge >= 0.3 is 0 Å². The Balaban J connectivity index is 2.12. The fourth-order valence-corrected chi connectivity index (χ4v) is 5.85. The van der Waals surface area contributed by atoms with Gasteiger partial charge in [0.2, 0.25) is 0 Å². The zero-order valence-electron chi connectivity index (χ0n) is 13.2. The van der Waals surface area contributed by atoms with Crippen LogP contribution in [0.15, 0.2) is 22.4 Å². The van der Waals surface area contributed by atoms with E-state index in [9.17, 15) is 0 Å². The molecule has 0 bridgehead atoms. The molecule has 106 valence electrons. The maximum Gasteiger partial charge on any atom is -0.0438 e. The van der Waals surface area contributed by atoms with Crippen molar-refractivity contribution in [2.45, 2.75) is 59.4 Å². The van der Waals surface area contributed by atoms with Gasteiger partial charge in [-0.2, -0.15) is 0 Å². The Bertz CT molecular complexity index is 378. The van der Waals surface area contributed by atoms with Crippen LogP contribution in [0, 0.1) is 30.6 Å². The summed E-state index contributed by atoms with van der Waals surface area (Å²) in [5.41, 5.74) is 3.74. The lowest BCUT2D eigenvalue weighted by Gasteiger charge is -2.45. The number of hydrogen-bond acceptors (Lipinski definition) is 0. The zero-order valence-corrected chi connectivity index (χ0v) is 14.2. The first-order chi connectivity index (χ1) is 8.88. The van der Waals surface area contributed by atoms with Crippen LogP contribution in [0.1, 0.15) is 53.9 Å². The summed E-state index contributed by atoms with van der Waals surface area (Å²) in [6.07, 6.45) is 6.29. The van der Waals surface area contributed by atoms with E-state index in [2.05, 4.69) is 47.6 Å². The molecule has 1 fully saturated rings. The minimum atomic E-state index is 0.872. The van der Waals surface area contributed by atoms with Crippen LogP contribution in [0.4, 0.5) is 0 Å². The fourth-order valence-electron chi connectivity index (χ4n) is 4.08. The summed E-state index contributed by atoms with van der Waals surface area (Å²) in [6, 6.07) is 0. The summed E-state index contributed by atoms with van der Waals surface area (Å²) in [5, 5.41) is 1.59. The standard InChI is InChI=1S/C18H28Si/c1-11-7-13(3)17(14(4)8-11)19-18-15(5)9-12(2)10-16(18)6/h8,12,15-16,18H,3,7,9-10H2,1-2,4-6H3/q-2. The molecule has 0 aromatic rings. The van der Waals surface area contributed by atoms with E-state index in [1.165, 1.54) is 29.9 Å². The van der Waals surface area contributed by atoms with Crippen LogP contribution in [0.3, 0.4) is 0 Å². The molecule has 2 aliphatic rings. The third kappa shape index (κ3) is 3.31. The van der Waals surface area contributed by atoms with Crippen molar-refractivity contribution in [3.05, 3.63) is 35.3 Å². The highest BCUT2D eigenvalue weighted by Gasteiger charge is 2.30. The first kappa shape index (κ1) is 14.8. The maximum absolute atomic E-state index is 4.34. The Morgan fingerprint density at radius 3 is 2.32 bits per heavy atom. The number of allylic oxidation sites excluding steroid dienone is 4. The summed E-state index contributed by atoms with van der Waals surface area (Å²) >= 11 is 0. The molecule has 2 rings (SSSR count). The molecule has 0 aromatic heterocycles. The Morgan fingerprint density at radius 1 is 1.21 bits per heavy atom. The van der Waals surface area contributed by atoms with Crippen LogP contribution < -0.4 is 0 Å². The first-order valence-electron chi connectivity index (χ1n) is 7.71. The first-order valence-corrected chi connectivity index (χ1v) is 8.79. The van der Waals surface area contributed by atoms with E-state index in [1.54, 1.807) is 5.20 Å². The minimum Gasteiger partial charge on any atom is -0.281 e. The van der Waals surface area contributed by atoms with Gasteiger partial charge in [0.25, 0.3) is 0 Å². The third-order valence-electron chi connectivity index (χ3n) is 4.79. The molecule has 1 heteroatoms. The normalized spacial score (nSPS) is 36.5. The summed E-state index contributed by atoms with van der Waals surface area (Å²) in [7, 11) is 0.967. The molecule has 0 amide bonds. The lowest BCUT2D eigenvalue weighted by atomic mass is 9.77. The fraction of sp³-hybridized carbons (Fsp3) is 0.667. The van der Waals surface area contributed by atoms with Crippen LogP contribution in [0.2, 0.25) is 5.54 Å². The van der Waals surface area contributed by atoms with E-state index in [1.807, 2.05) is 0 Å². The SMILES string of the molecule is [CH2-]C1=C([Si]C2C(C)CC(C)CC2C)C(C)=C[C-](C)C1. The van der Waals surface area contributed by atoms with E-state index in [4.69, 9.17) is 0 Å². The predicted octanol–water partition coefficient (Wildman–Crippen LogP) is 5.21. The van der Waals surface area contributed by atoms with Crippen molar-refractivity contribution in [1.29, 1.82) is 0 Å². The van der Waals surface area contributed by atoms with Crippen LogP contribution in [0.5, 0.6) is 0 Å². The summed E-state index contributed by atoms with van der Waals surface area (Å²) in [5.74, 6) is 4.13. The predicted molar refractivity (Wildman–Crippen MR) is 85.9 cm³/mol. The second kappa shape index (κ2) is 5.83. The second-order valence-corrected chi connectivity index (χ2v) is 8.49. The van der Waals surface area contributed by atoms with Crippen molar-refractivity contribution in [3.63, 3.8) is 0 Å². The maximum atomic E-state index is 4.34. The topological polar surface area (TPSA) is 0 Å². The van der Waals surface area contributed by atoms with Gasteiger partial charge in [-0.05, 0) is 30.6 Å². The highest BCUT2D eigenvalue weighted by Crippen LogP contribution is 2.43. The molecular weight excluding hydrogens is 244 g/mol. The molecule has 2 unspecified atom stereocenters. The molecule has 0 aromatic carbocycles. The highest BCUT2D eigenvalue weighted by atomic mass is 28.2. The third-order valence-corrected chi connectivity index (χ3v) is 7.30. The molecule has 0 N–H and O–H groups in total. The molecule has 19 heavy (non-hydrogen) atoms. The van der Waals surface area contributed by atoms with E-state index >= 15 is 0 Å². The van der Waals surface area contributed by atoms with Crippen LogP contribution in [0.25, 0.3) is 0 Å². The van der Waals surface area contributed by atoms with Gasteiger partial charge in [-0.1, -0.05) is 35.8 Å². The zero-order chi connectivity index (χ0) is 14.2. The average molecular weight is 273 g/mol. The Hall–Kier alpha value is -0.563. The summed E-state index contributed by atoms with van der Waals surface area (Å²) in [6.45, 7) is 16.2. The Morgan fingerprint density at radius 2 is 1.79 bits per heavy atom. The molecule has 2 aliphatic carbocycles. The van der Waals surface area contributed by atoms with Gasteiger partial charge in [0.1, 0.15) is 0 Å². The Kier molecular flexibility index (Phi) is 4.55. The highest BCUT2D eigenvalue weighted by molar-refractivity contribution is 6.49. The van der Waals surface area contributed by atoms with Crippen LogP contribution in [-0.4, -0.2) is 9.52 Å². The average Bonchev–Trinajstić information content (AvgIpc) is 2.25. The van der Waals surface area contributed by atoms with Crippen LogP contribution in [-0.2, 0) is 0 Å². The largest absolute Gasteiger partial charge is 0.281 e. The van der Waals surface area contributed by atoms with Gasteiger partial charge in [-0.15, -0.1) is 20.3 Å². The summed E-state index contributed by atoms with van der Waals surface area (Å²) < 4.78 is 0. The number of hydrogen-bond donors (Lipinski definition) is 0. The lowest BCUT2D eigenvalue weighted by molar-refractivity contribution is 0.233. The molecule has 0 saturated heterocycles. The minimum absolute atomic E-state index is 0.872. The number of rotatable bonds is 2. The van der Waals surface area contributed by atoms with Gasteiger partial charge < -0.3 is 0 Å². The quantitative estimate of drug-likeness (QED) is 0.478. The van der Waals surface area contributed by atoms with Gasteiger partial charge in [0.05, 0.1) is 0 Å². The van der Waals surface area contributed by atoms with Crippen molar-refractivity contribution >= 4 is 9.52 Å². The summed E-state index contributed by atoms with van der Waals surface area (Å²) in [4.78, 5) is 0. The monoisotopic (exact) mass is 272 g/mol. The molecule has 2 atom stereocenters. The molecule has 0 spiro atoms. The molecular formula is C18H28Si-2. The molecule has 0 heterocycles. The van der Waals surface area contributed by atoms with Gasteiger partial charge in [-0.3, -0.25) is 10.8 Å². The van der Waals surface area contributed by atoms with E-state index in [0.29, 0.717) is 0 Å². The van der Waals surface area contributed by atoms with Gasteiger partial charge in [0, 0.05) is 0 Å². The van der Waals surface area contributed by atoms with Crippen molar-refractivity contribution < 1.29 is 0 Å². The molecule has 2 radical (unpaired) electrons. The van der Waals surface area contributed by atoms with Crippen molar-refractivity contribution in [2.75, 3.05) is 0 Å². The van der Waals surface area contributed by atoms with Crippen molar-refractivity contribution in [2.24, 2.45) is 17.8 Å². The molecule has 1 saturated carbocycles. The lowest BCUT2D eigenvalue weighted by Crippen LogP contribution is -2.30. The molecule has 0 aliphatic heterocycles. The van der Waals surface area contributed by atoms with E-state index in [-0.39, 0.29) is 0 Å². The van der Waals surface area contributed by atoms with Crippen LogP contribution >= 0.6 is 0 Å². The smallest absolute Gasteiger partial charge is 0.0438 e. The second-order valence-electron chi connectivity index (χ2n) is 7.03. The van der Waals surface area contributed by atoms with Gasteiger partial charge in [0.15, 0.2) is 0 Å².